The van der Waals surface area contributed by atoms with E-state index in [9.17, 15) is 19.2 Å². The van der Waals surface area contributed by atoms with Crippen LogP contribution in [0, 0.1) is 0 Å². The number of imide groups is 1. The van der Waals surface area contributed by atoms with Crippen LogP contribution in [-0.4, -0.2) is 55.7 Å². The molecule has 13 heteroatoms. The predicted octanol–water partition coefficient (Wildman–Crippen LogP) is 3.91. The molecule has 1 aromatic carbocycles. The molecule has 1 aliphatic heterocycles. The van der Waals surface area contributed by atoms with E-state index < -0.39 is 30.5 Å². The summed E-state index contributed by atoms with van der Waals surface area (Å²) in [6, 6.07) is 3.68. The number of urea groups is 1. The SMILES string of the molecule is COC(=O)c1ccc(CN2C(=O)N/C(=C\c3cc(OC)c(OCC(=O)OC(C)C)c(Cl)c3Br)C2=O)o1. The molecule has 36 heavy (non-hydrogen) atoms. The molecular weight excluding hydrogens is 564 g/mol. The van der Waals surface area contributed by atoms with Crippen LogP contribution in [0.3, 0.4) is 0 Å². The number of benzene rings is 1. The van der Waals surface area contributed by atoms with Gasteiger partial charge >= 0.3 is 18.0 Å². The molecule has 3 rings (SSSR count). The second-order valence-corrected chi connectivity index (χ2v) is 8.76. The fourth-order valence-electron chi connectivity index (χ4n) is 3.12. The molecule has 11 nitrogen and oxygen atoms in total. The van der Waals surface area contributed by atoms with Crippen molar-refractivity contribution < 1.29 is 42.5 Å². The molecule has 1 fully saturated rings. The third kappa shape index (κ3) is 6.00. The van der Waals surface area contributed by atoms with E-state index in [1.165, 1.54) is 38.5 Å². The average molecular weight is 586 g/mol. The van der Waals surface area contributed by atoms with Crippen molar-refractivity contribution in [3.05, 3.63) is 50.5 Å². The second-order valence-electron chi connectivity index (χ2n) is 7.59. The lowest BCUT2D eigenvalue weighted by Crippen LogP contribution is -2.30. The number of halogens is 2. The minimum atomic E-state index is -0.682. The van der Waals surface area contributed by atoms with Crippen molar-refractivity contribution in [1.82, 2.24) is 10.2 Å². The number of hydrogen-bond acceptors (Lipinski definition) is 9. The van der Waals surface area contributed by atoms with Crippen LogP contribution in [-0.2, 0) is 25.6 Å². The van der Waals surface area contributed by atoms with E-state index in [2.05, 4.69) is 26.0 Å². The summed E-state index contributed by atoms with van der Waals surface area (Å²) in [5, 5.41) is 2.57. The van der Waals surface area contributed by atoms with Crippen molar-refractivity contribution in [1.29, 1.82) is 0 Å². The lowest BCUT2D eigenvalue weighted by atomic mass is 10.1. The highest BCUT2D eigenvalue weighted by atomic mass is 79.9. The molecule has 0 bridgehead atoms. The summed E-state index contributed by atoms with van der Waals surface area (Å²) in [5.41, 5.74) is 0.359. The third-order valence-corrected chi connectivity index (χ3v) is 6.14. The van der Waals surface area contributed by atoms with Crippen LogP contribution < -0.4 is 14.8 Å². The number of rotatable bonds is 9. The first kappa shape index (κ1) is 27.1. The summed E-state index contributed by atoms with van der Waals surface area (Å²) in [7, 11) is 2.59. The van der Waals surface area contributed by atoms with Crippen LogP contribution >= 0.6 is 27.5 Å². The maximum absolute atomic E-state index is 12.9. The summed E-state index contributed by atoms with van der Waals surface area (Å²) in [6.45, 7) is 2.82. The van der Waals surface area contributed by atoms with Gasteiger partial charge in [-0.2, -0.15) is 0 Å². The van der Waals surface area contributed by atoms with Crippen LogP contribution in [0.2, 0.25) is 5.02 Å². The van der Waals surface area contributed by atoms with Gasteiger partial charge in [0.15, 0.2) is 18.1 Å². The van der Waals surface area contributed by atoms with Gasteiger partial charge in [-0.05, 0) is 59.6 Å². The van der Waals surface area contributed by atoms with Gasteiger partial charge in [0, 0.05) is 4.47 Å². The number of carbonyl (C=O) groups excluding carboxylic acids is 4. The number of amides is 3. The second kappa shape index (κ2) is 11.5. The summed E-state index contributed by atoms with van der Waals surface area (Å²) in [6.07, 6.45) is 1.10. The quantitative estimate of drug-likeness (QED) is 0.264. The molecule has 2 heterocycles. The van der Waals surface area contributed by atoms with E-state index in [0.29, 0.717) is 10.0 Å². The van der Waals surface area contributed by atoms with E-state index in [1.807, 2.05) is 0 Å². The minimum Gasteiger partial charge on any atom is -0.493 e. The molecule has 1 N–H and O–H groups in total. The lowest BCUT2D eigenvalue weighted by molar-refractivity contribution is -0.149. The Morgan fingerprint density at radius 2 is 1.97 bits per heavy atom. The first-order valence-corrected chi connectivity index (χ1v) is 11.6. The van der Waals surface area contributed by atoms with Gasteiger partial charge in [-0.25, -0.2) is 14.4 Å². The van der Waals surface area contributed by atoms with Crippen LogP contribution in [0.15, 0.2) is 32.8 Å². The van der Waals surface area contributed by atoms with Crippen LogP contribution in [0.5, 0.6) is 11.5 Å². The van der Waals surface area contributed by atoms with Gasteiger partial charge < -0.3 is 28.7 Å². The zero-order valence-electron chi connectivity index (χ0n) is 19.7. The molecule has 2 aromatic rings. The average Bonchev–Trinajstić information content (AvgIpc) is 3.40. The fourth-order valence-corrected chi connectivity index (χ4v) is 3.79. The maximum Gasteiger partial charge on any atom is 0.373 e. The number of esters is 2. The number of hydrogen-bond donors (Lipinski definition) is 1. The van der Waals surface area contributed by atoms with Crippen LogP contribution in [0.25, 0.3) is 6.08 Å². The van der Waals surface area contributed by atoms with Gasteiger partial charge in [0.1, 0.15) is 16.5 Å². The third-order valence-electron chi connectivity index (χ3n) is 4.70. The highest BCUT2D eigenvalue weighted by molar-refractivity contribution is 9.10. The predicted molar refractivity (Wildman–Crippen MR) is 130 cm³/mol. The van der Waals surface area contributed by atoms with Crippen LogP contribution in [0.4, 0.5) is 4.79 Å². The number of nitrogens with zero attached hydrogens (tertiary/aromatic N) is 1. The standard InChI is InChI=1S/C23H22BrClN2O9/c1-11(2)35-17(28)10-34-20-16(32-3)8-12(18(24)19(20)25)7-14-21(29)27(23(31)26-14)9-13-5-6-15(36-13)22(30)33-4/h5-8,11H,9-10H2,1-4H3,(H,26,31)/b14-7-. The van der Waals surface area contributed by atoms with Crippen LogP contribution in [0.1, 0.15) is 35.7 Å². The molecule has 1 saturated heterocycles. The minimum absolute atomic E-state index is 0.0345. The molecule has 192 valence electrons. The smallest absolute Gasteiger partial charge is 0.373 e. The van der Waals surface area contributed by atoms with Gasteiger partial charge in [-0.1, -0.05) is 11.6 Å². The Bertz CT molecular complexity index is 1240. The van der Waals surface area contributed by atoms with Crippen molar-refractivity contribution >= 4 is 57.5 Å². The van der Waals surface area contributed by atoms with E-state index in [0.717, 1.165) is 4.90 Å². The highest BCUT2D eigenvalue weighted by Crippen LogP contribution is 2.43. The molecule has 3 amide bonds. The van der Waals surface area contributed by atoms with E-state index in [-0.39, 0.29) is 46.4 Å². The molecule has 0 atom stereocenters. The normalized spacial score (nSPS) is 14.3. The van der Waals surface area contributed by atoms with Gasteiger partial charge in [0.2, 0.25) is 5.76 Å². The Morgan fingerprint density at radius 3 is 2.61 bits per heavy atom. The summed E-state index contributed by atoms with van der Waals surface area (Å²) >= 11 is 9.78. The zero-order valence-corrected chi connectivity index (χ0v) is 22.0. The Hall–Kier alpha value is -3.51. The summed E-state index contributed by atoms with van der Waals surface area (Å²) in [4.78, 5) is 49.6. The van der Waals surface area contributed by atoms with E-state index >= 15 is 0 Å². The summed E-state index contributed by atoms with van der Waals surface area (Å²) in [5.74, 6) is -1.46. The lowest BCUT2D eigenvalue weighted by Gasteiger charge is -2.15. The Labute approximate surface area is 219 Å². The molecule has 1 aromatic heterocycles. The number of furan rings is 1. The van der Waals surface area contributed by atoms with Crippen molar-refractivity contribution in [3.63, 3.8) is 0 Å². The molecule has 1 aliphatic rings. The van der Waals surface area contributed by atoms with E-state index in [1.54, 1.807) is 13.8 Å². The van der Waals surface area contributed by atoms with Gasteiger partial charge in [0.05, 0.1) is 26.9 Å². The summed E-state index contributed by atoms with van der Waals surface area (Å²) < 4.78 is 26.1. The molecule has 0 unspecified atom stereocenters. The molecule has 0 radical (unpaired) electrons. The Kier molecular flexibility index (Phi) is 8.64. The molecule has 0 saturated carbocycles. The largest absolute Gasteiger partial charge is 0.493 e. The van der Waals surface area contributed by atoms with Crippen molar-refractivity contribution in [3.8, 4) is 11.5 Å². The number of ether oxygens (including phenoxy) is 4. The topological polar surface area (TPSA) is 134 Å². The molecule has 0 aliphatic carbocycles. The van der Waals surface area contributed by atoms with Gasteiger partial charge in [0.25, 0.3) is 5.91 Å². The monoisotopic (exact) mass is 584 g/mol. The molecular formula is C23H22BrClN2O9. The van der Waals surface area contributed by atoms with Crippen molar-refractivity contribution in [2.45, 2.75) is 26.5 Å². The number of nitrogens with one attached hydrogen (secondary N) is 1. The highest BCUT2D eigenvalue weighted by Gasteiger charge is 2.35. The number of carbonyl (C=O) groups is 4. The zero-order chi connectivity index (χ0) is 26.6. The fraction of sp³-hybridized carbons (Fsp3) is 0.304. The maximum atomic E-state index is 12.9. The first-order valence-electron chi connectivity index (χ1n) is 10.5. The number of methoxy groups -OCH3 is 2. The Balaban J connectivity index is 1.82. The van der Waals surface area contributed by atoms with Crippen molar-refractivity contribution in [2.24, 2.45) is 0 Å². The van der Waals surface area contributed by atoms with Gasteiger partial charge in [-0.15, -0.1) is 0 Å². The Morgan fingerprint density at radius 1 is 1.25 bits per heavy atom. The first-order chi connectivity index (χ1) is 17.0. The van der Waals surface area contributed by atoms with Crippen molar-refractivity contribution in [2.75, 3.05) is 20.8 Å². The van der Waals surface area contributed by atoms with Gasteiger partial charge in [-0.3, -0.25) is 9.69 Å². The van der Waals surface area contributed by atoms with E-state index in [4.69, 9.17) is 30.2 Å². The molecule has 0 spiro atoms.